The summed E-state index contributed by atoms with van der Waals surface area (Å²) in [7, 11) is 0. The molecule has 1 aromatic rings. The van der Waals surface area contributed by atoms with E-state index in [4.69, 9.17) is 0 Å². The Bertz CT molecular complexity index is 539. The molecule has 2 saturated carbocycles. The van der Waals surface area contributed by atoms with Crippen LogP contribution in [-0.2, 0) is 0 Å². The van der Waals surface area contributed by atoms with Crippen LogP contribution in [0.1, 0.15) is 56.0 Å². The molecule has 0 bridgehead atoms. The molecule has 0 spiro atoms. The molecule has 0 aromatic carbocycles. The number of carbonyl (C=O) groups is 1. The first-order chi connectivity index (χ1) is 11.8. The summed E-state index contributed by atoms with van der Waals surface area (Å²) in [6.07, 6.45) is 10.9. The smallest absolute Gasteiger partial charge is 0.315 e. The van der Waals surface area contributed by atoms with Crippen LogP contribution in [0.5, 0.6) is 0 Å². The number of nitrogens with one attached hydrogen (secondary N) is 2. The average molecular weight is 349 g/mol. The summed E-state index contributed by atoms with van der Waals surface area (Å²) >= 11 is 1.64. The van der Waals surface area contributed by atoms with Gasteiger partial charge in [0.15, 0.2) is 0 Å². The second-order valence-electron chi connectivity index (χ2n) is 7.70. The Labute approximate surface area is 148 Å². The van der Waals surface area contributed by atoms with Gasteiger partial charge in [0.25, 0.3) is 0 Å². The Morgan fingerprint density at radius 1 is 1.29 bits per heavy atom. The first-order valence-electron chi connectivity index (χ1n) is 9.46. The van der Waals surface area contributed by atoms with Crippen molar-refractivity contribution in [2.45, 2.75) is 57.0 Å². The molecule has 0 radical (unpaired) electrons. The van der Waals surface area contributed by atoms with Crippen LogP contribution < -0.4 is 10.6 Å². The molecule has 132 valence electrons. The maximum absolute atomic E-state index is 12.4. The van der Waals surface area contributed by atoms with Crippen LogP contribution in [-0.4, -0.2) is 41.6 Å². The second kappa shape index (κ2) is 7.40. The molecule has 0 unspecified atom stereocenters. The van der Waals surface area contributed by atoms with Crippen molar-refractivity contribution >= 4 is 17.4 Å². The Morgan fingerprint density at radius 3 is 2.83 bits per heavy atom. The second-order valence-corrected chi connectivity index (χ2v) is 8.63. The van der Waals surface area contributed by atoms with Crippen LogP contribution in [0.4, 0.5) is 4.79 Å². The molecule has 2 heterocycles. The molecule has 2 N–H and O–H groups in total. The maximum Gasteiger partial charge on any atom is 0.315 e. The molecule has 1 aliphatic heterocycles. The number of carbonyl (C=O) groups excluding carboxylic acids is 1. The standard InChI is InChI=1S/C18H28N4OS/c23-18(21-16(14-5-6-14)17-19-8-10-24-17)20-15-7-9-22(12-15)11-13-3-1-2-4-13/h8,10,13-16H,1-7,9,11-12H2,(H2,20,21,23)/t15-,16+/m0/s1. The van der Waals surface area contributed by atoms with Gasteiger partial charge in [-0.05, 0) is 43.9 Å². The predicted molar refractivity (Wildman–Crippen MR) is 96.0 cm³/mol. The molecule has 2 amide bonds. The van der Waals surface area contributed by atoms with Gasteiger partial charge in [0, 0.05) is 37.3 Å². The summed E-state index contributed by atoms with van der Waals surface area (Å²) in [6.45, 7) is 3.36. The average Bonchev–Trinajstić information content (AvgIpc) is 3.00. The van der Waals surface area contributed by atoms with E-state index in [-0.39, 0.29) is 12.1 Å². The van der Waals surface area contributed by atoms with Crippen LogP contribution in [0.3, 0.4) is 0 Å². The van der Waals surface area contributed by atoms with Crippen LogP contribution in [0.25, 0.3) is 0 Å². The third-order valence-electron chi connectivity index (χ3n) is 5.70. The quantitative estimate of drug-likeness (QED) is 0.830. The van der Waals surface area contributed by atoms with Crippen molar-refractivity contribution in [1.82, 2.24) is 20.5 Å². The third-order valence-corrected chi connectivity index (χ3v) is 6.55. The Morgan fingerprint density at radius 2 is 2.12 bits per heavy atom. The first-order valence-corrected chi connectivity index (χ1v) is 10.3. The number of hydrogen-bond acceptors (Lipinski definition) is 4. The zero-order chi connectivity index (χ0) is 16.4. The van der Waals surface area contributed by atoms with Crippen LogP contribution in [0.15, 0.2) is 11.6 Å². The number of likely N-dealkylation sites (tertiary alicyclic amines) is 1. The number of hydrogen-bond donors (Lipinski definition) is 2. The molecule has 6 heteroatoms. The molecule has 4 rings (SSSR count). The lowest BCUT2D eigenvalue weighted by Crippen LogP contribution is -2.45. The van der Waals surface area contributed by atoms with E-state index >= 15 is 0 Å². The predicted octanol–water partition coefficient (Wildman–Crippen LogP) is 3.16. The highest BCUT2D eigenvalue weighted by molar-refractivity contribution is 7.09. The summed E-state index contributed by atoms with van der Waals surface area (Å²) in [5, 5.41) is 9.40. The van der Waals surface area contributed by atoms with Gasteiger partial charge < -0.3 is 15.5 Å². The minimum Gasteiger partial charge on any atom is -0.334 e. The number of nitrogens with zero attached hydrogens (tertiary/aromatic N) is 2. The summed E-state index contributed by atoms with van der Waals surface area (Å²) in [5.41, 5.74) is 0. The number of rotatable bonds is 6. The van der Waals surface area contributed by atoms with Crippen LogP contribution >= 0.6 is 11.3 Å². The van der Waals surface area contributed by atoms with Crippen molar-refractivity contribution in [1.29, 1.82) is 0 Å². The number of amides is 2. The monoisotopic (exact) mass is 348 g/mol. The Balaban J connectivity index is 1.24. The molecule has 2 aliphatic carbocycles. The first kappa shape index (κ1) is 16.3. The zero-order valence-electron chi connectivity index (χ0n) is 14.2. The SMILES string of the molecule is O=C(N[C@H]1CCN(CC2CCCC2)C1)N[C@@H](c1nccs1)C1CC1. The normalized spacial score (nSPS) is 26.6. The lowest BCUT2D eigenvalue weighted by molar-refractivity contribution is 0.229. The third kappa shape index (κ3) is 4.09. The van der Waals surface area contributed by atoms with Gasteiger partial charge in [0.1, 0.15) is 5.01 Å². The fourth-order valence-corrected chi connectivity index (χ4v) is 5.02. The van der Waals surface area contributed by atoms with Crippen molar-refractivity contribution in [3.05, 3.63) is 16.6 Å². The Kier molecular flexibility index (Phi) is 5.03. The van der Waals surface area contributed by atoms with E-state index in [9.17, 15) is 4.79 Å². The van der Waals surface area contributed by atoms with Gasteiger partial charge in [-0.3, -0.25) is 0 Å². The highest BCUT2D eigenvalue weighted by atomic mass is 32.1. The van der Waals surface area contributed by atoms with Gasteiger partial charge in [-0.25, -0.2) is 9.78 Å². The highest BCUT2D eigenvalue weighted by Gasteiger charge is 2.35. The van der Waals surface area contributed by atoms with Crippen molar-refractivity contribution < 1.29 is 4.79 Å². The number of urea groups is 1. The van der Waals surface area contributed by atoms with Crippen molar-refractivity contribution in [3.63, 3.8) is 0 Å². The van der Waals surface area contributed by atoms with Gasteiger partial charge in [-0.1, -0.05) is 12.8 Å². The van der Waals surface area contributed by atoms with Crippen LogP contribution in [0.2, 0.25) is 0 Å². The molecule has 24 heavy (non-hydrogen) atoms. The molecule has 3 aliphatic rings. The van der Waals surface area contributed by atoms with E-state index in [1.807, 2.05) is 11.6 Å². The molecule has 1 aromatic heterocycles. The fourth-order valence-electron chi connectivity index (χ4n) is 4.24. The minimum absolute atomic E-state index is 0.0187. The number of thiazole rings is 1. The van der Waals surface area contributed by atoms with E-state index < -0.39 is 0 Å². The summed E-state index contributed by atoms with van der Waals surface area (Å²) in [6, 6.07) is 0.373. The maximum atomic E-state index is 12.4. The highest BCUT2D eigenvalue weighted by Crippen LogP contribution is 2.41. The topological polar surface area (TPSA) is 57.3 Å². The Hall–Kier alpha value is -1.14. The molecular weight excluding hydrogens is 320 g/mol. The lowest BCUT2D eigenvalue weighted by Gasteiger charge is -2.21. The van der Waals surface area contributed by atoms with Gasteiger partial charge in [-0.15, -0.1) is 11.3 Å². The summed E-state index contributed by atoms with van der Waals surface area (Å²) in [5.74, 6) is 1.46. The molecular formula is C18H28N4OS. The van der Waals surface area contributed by atoms with Crippen molar-refractivity contribution in [2.24, 2.45) is 11.8 Å². The van der Waals surface area contributed by atoms with Gasteiger partial charge in [-0.2, -0.15) is 0 Å². The zero-order valence-corrected chi connectivity index (χ0v) is 15.1. The van der Waals surface area contributed by atoms with E-state index in [0.717, 1.165) is 30.4 Å². The number of aromatic nitrogens is 1. The summed E-state index contributed by atoms with van der Waals surface area (Å²) in [4.78, 5) is 19.4. The summed E-state index contributed by atoms with van der Waals surface area (Å²) < 4.78 is 0. The largest absolute Gasteiger partial charge is 0.334 e. The van der Waals surface area contributed by atoms with E-state index in [1.54, 1.807) is 11.3 Å². The van der Waals surface area contributed by atoms with E-state index in [0.29, 0.717) is 12.0 Å². The molecule has 5 nitrogen and oxygen atoms in total. The molecule has 3 fully saturated rings. The van der Waals surface area contributed by atoms with E-state index in [2.05, 4.69) is 20.5 Å². The lowest BCUT2D eigenvalue weighted by atomic mass is 10.1. The van der Waals surface area contributed by atoms with Crippen molar-refractivity contribution in [3.8, 4) is 0 Å². The molecule has 1 saturated heterocycles. The van der Waals surface area contributed by atoms with Crippen molar-refractivity contribution in [2.75, 3.05) is 19.6 Å². The minimum atomic E-state index is -0.0187. The van der Waals surface area contributed by atoms with Gasteiger partial charge in [0.05, 0.1) is 6.04 Å². The van der Waals surface area contributed by atoms with E-state index in [1.165, 1.54) is 45.1 Å². The van der Waals surface area contributed by atoms with Crippen LogP contribution in [0, 0.1) is 11.8 Å². The van der Waals surface area contributed by atoms with Gasteiger partial charge >= 0.3 is 6.03 Å². The molecule has 2 atom stereocenters. The van der Waals surface area contributed by atoms with Gasteiger partial charge in [0.2, 0.25) is 0 Å². The fraction of sp³-hybridized carbons (Fsp3) is 0.778.